The number of nitrogens with two attached hydrogens (primary N) is 1. The van der Waals surface area contributed by atoms with Gasteiger partial charge in [-0.3, -0.25) is 0 Å². The van der Waals surface area contributed by atoms with Crippen LogP contribution in [-0.4, -0.2) is 16.6 Å². The molecule has 0 radical (unpaired) electrons. The first kappa shape index (κ1) is 10.1. The Morgan fingerprint density at radius 1 is 1.29 bits per heavy atom. The minimum atomic E-state index is -0.472. The highest BCUT2D eigenvalue weighted by Crippen LogP contribution is 1.98. The summed E-state index contributed by atoms with van der Waals surface area (Å²) < 4.78 is 0. The van der Waals surface area contributed by atoms with E-state index in [4.69, 9.17) is 5.73 Å². The van der Waals surface area contributed by atoms with Gasteiger partial charge in [-0.1, -0.05) is 11.1 Å². The van der Waals surface area contributed by atoms with Crippen molar-refractivity contribution in [3.8, 4) is 0 Å². The van der Waals surface area contributed by atoms with Crippen molar-refractivity contribution in [1.29, 1.82) is 0 Å². The summed E-state index contributed by atoms with van der Waals surface area (Å²) in [5.74, 6) is 0.750. The Balaban J connectivity index is 0.000000146. The number of nitro groups is 1. The monoisotopic (exact) mass is 194 g/mol. The molecule has 6 heteroatoms. The maximum absolute atomic E-state index is 9.84. The first-order valence-electron chi connectivity index (χ1n) is 4.03. The number of hydrogen-bond acceptors (Lipinski definition) is 5. The van der Waals surface area contributed by atoms with E-state index < -0.39 is 4.92 Å². The zero-order valence-corrected chi connectivity index (χ0v) is 7.46. The van der Waals surface area contributed by atoms with Crippen molar-refractivity contribution in [2.24, 2.45) is 15.7 Å². The van der Waals surface area contributed by atoms with E-state index in [9.17, 15) is 10.1 Å². The Labute approximate surface area is 80.7 Å². The summed E-state index contributed by atoms with van der Waals surface area (Å²) in [4.78, 5) is 16.6. The lowest BCUT2D eigenvalue weighted by Crippen LogP contribution is -2.07. The summed E-state index contributed by atoms with van der Waals surface area (Å²) in [6.07, 6.45) is 7.94. The molecule has 0 fully saturated rings. The van der Waals surface area contributed by atoms with Gasteiger partial charge in [0.15, 0.2) is 0 Å². The lowest BCUT2D eigenvalue weighted by atomic mass is 10.4. The molecule has 2 aliphatic rings. The third kappa shape index (κ3) is 3.18. The molecule has 2 rings (SSSR count). The van der Waals surface area contributed by atoms with Crippen LogP contribution in [0.15, 0.2) is 34.5 Å². The second-order valence-electron chi connectivity index (χ2n) is 2.60. The van der Waals surface area contributed by atoms with Crippen LogP contribution in [-0.2, 0) is 0 Å². The van der Waals surface area contributed by atoms with E-state index in [1.807, 2.05) is 6.08 Å². The molecule has 74 valence electrons. The second kappa shape index (κ2) is 4.90. The molecule has 0 bridgehead atoms. The molecule has 0 aromatic heterocycles. The fourth-order valence-electron chi connectivity index (χ4n) is 0.846. The van der Waals surface area contributed by atoms with Gasteiger partial charge in [0, 0.05) is 12.6 Å². The van der Waals surface area contributed by atoms with Crippen LogP contribution in [0.5, 0.6) is 0 Å². The van der Waals surface area contributed by atoms with E-state index in [0.29, 0.717) is 6.42 Å². The Morgan fingerprint density at radius 3 is 2.14 bits per heavy atom. The van der Waals surface area contributed by atoms with Crippen LogP contribution in [0.25, 0.3) is 0 Å². The number of hydrogen-bond donors (Lipinski definition) is 1. The van der Waals surface area contributed by atoms with Crippen LogP contribution in [0.3, 0.4) is 0 Å². The summed E-state index contributed by atoms with van der Waals surface area (Å²) in [5, 5.41) is 9.84. The summed E-state index contributed by atoms with van der Waals surface area (Å²) in [5.41, 5.74) is 5.22. The second-order valence-corrected chi connectivity index (χ2v) is 2.60. The van der Waals surface area contributed by atoms with Gasteiger partial charge in [-0.25, -0.2) is 4.99 Å². The average Bonchev–Trinajstić information content (AvgIpc) is 2.75. The zero-order chi connectivity index (χ0) is 10.4. The number of amidine groups is 2. The predicted octanol–water partition coefficient (Wildman–Crippen LogP) is 0.840. The maximum Gasteiger partial charge on any atom is 0.342 e. The van der Waals surface area contributed by atoms with Gasteiger partial charge in [0.25, 0.3) is 0 Å². The van der Waals surface area contributed by atoms with E-state index in [0.717, 1.165) is 12.3 Å². The van der Waals surface area contributed by atoms with Gasteiger partial charge in [0.05, 0.1) is 6.42 Å². The molecule has 0 atom stereocenters. The minimum absolute atomic E-state index is 0.0324. The molecule has 0 saturated heterocycles. The maximum atomic E-state index is 9.84. The van der Waals surface area contributed by atoms with Crippen LogP contribution in [0.4, 0.5) is 0 Å². The normalized spacial score (nSPS) is 17.1. The molecule has 2 aliphatic heterocycles. The van der Waals surface area contributed by atoms with E-state index in [1.165, 1.54) is 6.20 Å². The number of rotatable bonds is 0. The third-order valence-electron chi connectivity index (χ3n) is 1.51. The molecule has 0 aliphatic carbocycles. The topological polar surface area (TPSA) is 93.9 Å². The first-order chi connectivity index (χ1) is 6.70. The molecule has 0 saturated carbocycles. The molecule has 0 aromatic rings. The van der Waals surface area contributed by atoms with Gasteiger partial charge in [0.1, 0.15) is 12.0 Å². The molecule has 0 spiro atoms. The van der Waals surface area contributed by atoms with Crippen LogP contribution in [0.1, 0.15) is 12.8 Å². The average molecular weight is 194 g/mol. The number of nitrogens with zero attached hydrogens (tertiary/aromatic N) is 3. The van der Waals surface area contributed by atoms with Crippen LogP contribution >= 0.6 is 0 Å². The fraction of sp³-hybridized carbons (Fsp3) is 0.250. The lowest BCUT2D eigenvalue weighted by Gasteiger charge is -1.86. The van der Waals surface area contributed by atoms with Crippen molar-refractivity contribution < 1.29 is 4.92 Å². The van der Waals surface area contributed by atoms with E-state index >= 15 is 0 Å². The number of aliphatic imine (C=N–C) groups is 2. The van der Waals surface area contributed by atoms with Gasteiger partial charge in [-0.2, -0.15) is 0 Å². The van der Waals surface area contributed by atoms with Gasteiger partial charge >= 0.3 is 5.84 Å². The highest BCUT2D eigenvalue weighted by atomic mass is 16.6. The largest absolute Gasteiger partial charge is 0.387 e. The standard InChI is InChI=1S/C4H4N2O2.C4H6N2/c7-6(8)4-2-1-3-5-4;5-4-2-1-3-6-4/h1,3H,2H2;1,3H,2H2,(H2,5,6). The molecule has 14 heavy (non-hydrogen) atoms. The van der Waals surface area contributed by atoms with Crippen molar-refractivity contribution in [1.82, 2.24) is 0 Å². The van der Waals surface area contributed by atoms with Gasteiger partial charge < -0.3 is 15.8 Å². The molecule has 2 heterocycles. The van der Waals surface area contributed by atoms with E-state index in [1.54, 1.807) is 12.3 Å². The summed E-state index contributed by atoms with van der Waals surface area (Å²) in [7, 11) is 0. The Hall–Kier alpha value is -1.98. The predicted molar refractivity (Wildman–Crippen MR) is 53.6 cm³/mol. The molecule has 2 N–H and O–H groups in total. The smallest absolute Gasteiger partial charge is 0.342 e. The van der Waals surface area contributed by atoms with Crippen LogP contribution in [0.2, 0.25) is 0 Å². The van der Waals surface area contributed by atoms with E-state index in [2.05, 4.69) is 9.98 Å². The Bertz CT molecular complexity index is 341. The zero-order valence-electron chi connectivity index (χ0n) is 7.46. The van der Waals surface area contributed by atoms with Crippen molar-refractivity contribution >= 4 is 11.7 Å². The van der Waals surface area contributed by atoms with Gasteiger partial charge in [0.2, 0.25) is 0 Å². The highest BCUT2D eigenvalue weighted by molar-refractivity contribution is 5.84. The Morgan fingerprint density at radius 2 is 1.93 bits per heavy atom. The summed E-state index contributed by atoms with van der Waals surface area (Å²) in [6, 6.07) is 0. The molecule has 0 amide bonds. The van der Waals surface area contributed by atoms with Crippen molar-refractivity contribution in [3.63, 3.8) is 0 Å². The molecular formula is C8H10N4O2. The molecule has 0 unspecified atom stereocenters. The summed E-state index contributed by atoms with van der Waals surface area (Å²) >= 11 is 0. The Kier molecular flexibility index (Phi) is 3.54. The van der Waals surface area contributed by atoms with Crippen LogP contribution < -0.4 is 5.73 Å². The van der Waals surface area contributed by atoms with Crippen molar-refractivity contribution in [2.45, 2.75) is 12.8 Å². The fourth-order valence-corrected chi connectivity index (χ4v) is 0.846. The van der Waals surface area contributed by atoms with Gasteiger partial charge in [-0.05, 0) is 11.0 Å². The van der Waals surface area contributed by atoms with Crippen LogP contribution in [0, 0.1) is 10.1 Å². The third-order valence-corrected chi connectivity index (χ3v) is 1.51. The molecule has 6 nitrogen and oxygen atoms in total. The minimum Gasteiger partial charge on any atom is -0.387 e. The van der Waals surface area contributed by atoms with Crippen molar-refractivity contribution in [3.05, 3.63) is 34.7 Å². The first-order valence-corrected chi connectivity index (χ1v) is 4.03. The quantitative estimate of drug-likeness (QED) is 0.457. The lowest BCUT2D eigenvalue weighted by molar-refractivity contribution is -0.352. The SMILES string of the molecule is NC1=NC=CC1.O=[N+]([O-])C1=NC=CC1. The van der Waals surface area contributed by atoms with Crippen molar-refractivity contribution in [2.75, 3.05) is 0 Å². The molecular weight excluding hydrogens is 184 g/mol. The highest BCUT2D eigenvalue weighted by Gasteiger charge is 2.11. The van der Waals surface area contributed by atoms with Gasteiger partial charge in [-0.15, -0.1) is 0 Å². The summed E-state index contributed by atoms with van der Waals surface area (Å²) in [6.45, 7) is 0. The van der Waals surface area contributed by atoms with E-state index in [-0.39, 0.29) is 5.84 Å². The molecule has 0 aromatic carbocycles.